The number of ether oxygens (including phenoxy) is 1. The number of aromatic nitrogens is 2. The molecule has 3 rings (SSSR count). The Morgan fingerprint density at radius 2 is 2.00 bits per heavy atom. The van der Waals surface area contributed by atoms with Gasteiger partial charge < -0.3 is 14.9 Å². The number of amides is 1. The molecule has 30 heavy (non-hydrogen) atoms. The number of unbranched alkanes of at least 4 members (excludes halogenated alkanes) is 1. The van der Waals surface area contributed by atoms with Crippen LogP contribution in [-0.4, -0.2) is 39.2 Å². The maximum absolute atomic E-state index is 12.7. The number of rotatable bonds is 7. The van der Waals surface area contributed by atoms with Crippen molar-refractivity contribution in [2.24, 2.45) is 5.10 Å². The van der Waals surface area contributed by atoms with E-state index in [1.807, 2.05) is 6.92 Å². The Bertz CT molecular complexity index is 1170. The number of methoxy groups -OCH3 is 1. The Morgan fingerprint density at radius 1 is 1.27 bits per heavy atom. The number of nitrogens with zero attached hydrogens (tertiary/aromatic N) is 3. The molecule has 1 heterocycles. The molecule has 2 aromatic carbocycles. The number of carbonyl (C=O) groups is 1. The minimum atomic E-state index is -0.581. The number of carbonyl (C=O) groups excluding carboxylic acids is 1. The average molecular weight is 410 g/mol. The Labute approximate surface area is 172 Å². The standard InChI is InChI=1S/C21H22N4O5/c1-3-4-9-25-21(29)15-8-6-5-7-14(15)18(24-25)20(28)23-22-12-13-10-16(26)19(27)17(11-13)30-2/h5-8,10-12,26-27H,3-4,9H2,1-2H3,(H,23,28)/b22-12+. The lowest BCUT2D eigenvalue weighted by Gasteiger charge is -2.09. The van der Waals surface area contributed by atoms with Crippen LogP contribution in [0.1, 0.15) is 35.8 Å². The molecular formula is C21H22N4O5. The summed E-state index contributed by atoms with van der Waals surface area (Å²) < 4.78 is 6.27. The molecule has 0 aliphatic carbocycles. The molecule has 0 radical (unpaired) electrons. The van der Waals surface area contributed by atoms with Crippen molar-refractivity contribution in [1.29, 1.82) is 0 Å². The van der Waals surface area contributed by atoms with Gasteiger partial charge in [0.1, 0.15) is 0 Å². The summed E-state index contributed by atoms with van der Waals surface area (Å²) in [6.07, 6.45) is 2.93. The first-order valence-electron chi connectivity index (χ1n) is 9.39. The van der Waals surface area contributed by atoms with Gasteiger partial charge in [-0.15, -0.1) is 0 Å². The second-order valence-corrected chi connectivity index (χ2v) is 6.57. The third-order valence-electron chi connectivity index (χ3n) is 4.48. The molecule has 0 saturated carbocycles. The molecule has 0 spiro atoms. The van der Waals surface area contributed by atoms with Crippen molar-refractivity contribution >= 4 is 22.9 Å². The quantitative estimate of drug-likeness (QED) is 0.312. The van der Waals surface area contributed by atoms with Crippen LogP contribution in [0.5, 0.6) is 17.2 Å². The molecule has 156 valence electrons. The molecule has 0 bridgehead atoms. The monoisotopic (exact) mass is 410 g/mol. The SMILES string of the molecule is CCCCn1nc(C(=O)N/N=C/c2cc(O)c(O)c(OC)c2)c2ccccc2c1=O. The van der Waals surface area contributed by atoms with Crippen LogP contribution in [0.25, 0.3) is 10.8 Å². The fourth-order valence-electron chi connectivity index (χ4n) is 2.92. The second kappa shape index (κ2) is 9.08. The van der Waals surface area contributed by atoms with Crippen LogP contribution in [0, 0.1) is 0 Å². The molecule has 1 aromatic heterocycles. The molecule has 0 atom stereocenters. The summed E-state index contributed by atoms with van der Waals surface area (Å²) in [6.45, 7) is 2.42. The van der Waals surface area contributed by atoms with Gasteiger partial charge in [-0.3, -0.25) is 9.59 Å². The van der Waals surface area contributed by atoms with Crippen LogP contribution < -0.4 is 15.7 Å². The molecule has 0 aliphatic heterocycles. The fraction of sp³-hybridized carbons (Fsp3) is 0.238. The van der Waals surface area contributed by atoms with Crippen molar-refractivity contribution in [2.45, 2.75) is 26.3 Å². The number of nitrogens with one attached hydrogen (secondary N) is 1. The molecule has 9 heteroatoms. The molecule has 0 fully saturated rings. The number of benzene rings is 2. The number of hydrogen-bond acceptors (Lipinski definition) is 7. The first-order chi connectivity index (χ1) is 14.5. The van der Waals surface area contributed by atoms with Crippen molar-refractivity contribution in [2.75, 3.05) is 7.11 Å². The van der Waals surface area contributed by atoms with Crippen molar-refractivity contribution in [3.8, 4) is 17.2 Å². The lowest BCUT2D eigenvalue weighted by Crippen LogP contribution is -2.29. The molecule has 0 aliphatic rings. The van der Waals surface area contributed by atoms with Gasteiger partial charge in [-0.25, -0.2) is 10.1 Å². The van der Waals surface area contributed by atoms with E-state index in [4.69, 9.17) is 4.74 Å². The maximum atomic E-state index is 12.7. The number of aromatic hydroxyl groups is 2. The number of hydrazone groups is 1. The van der Waals surface area contributed by atoms with E-state index in [1.165, 1.54) is 30.1 Å². The Hall–Kier alpha value is -3.88. The predicted octanol–water partition coefficient (Wildman–Crippen LogP) is 2.38. The fourth-order valence-corrected chi connectivity index (χ4v) is 2.92. The molecule has 3 N–H and O–H groups in total. The molecule has 1 amide bonds. The zero-order chi connectivity index (χ0) is 21.7. The van der Waals surface area contributed by atoms with Crippen LogP contribution in [0.4, 0.5) is 0 Å². The predicted molar refractivity (Wildman–Crippen MR) is 112 cm³/mol. The van der Waals surface area contributed by atoms with Crippen molar-refractivity contribution in [3.05, 3.63) is 58.0 Å². The molecule has 3 aromatic rings. The Balaban J connectivity index is 1.90. The van der Waals surface area contributed by atoms with Gasteiger partial charge in [0.25, 0.3) is 11.5 Å². The molecule has 0 saturated heterocycles. The summed E-state index contributed by atoms with van der Waals surface area (Å²) in [5.41, 5.74) is 2.62. The van der Waals surface area contributed by atoms with Gasteiger partial charge in [0.15, 0.2) is 17.2 Å². The highest BCUT2D eigenvalue weighted by atomic mass is 16.5. The van der Waals surface area contributed by atoms with E-state index in [-0.39, 0.29) is 28.5 Å². The lowest BCUT2D eigenvalue weighted by atomic mass is 10.1. The molecular weight excluding hydrogens is 388 g/mol. The Morgan fingerprint density at radius 3 is 2.70 bits per heavy atom. The van der Waals surface area contributed by atoms with E-state index in [0.29, 0.717) is 22.9 Å². The first-order valence-corrected chi connectivity index (χ1v) is 9.39. The molecule has 9 nitrogen and oxygen atoms in total. The minimum Gasteiger partial charge on any atom is -0.504 e. The summed E-state index contributed by atoms with van der Waals surface area (Å²) in [5, 5.41) is 28.4. The highest BCUT2D eigenvalue weighted by Gasteiger charge is 2.16. The van der Waals surface area contributed by atoms with Crippen LogP contribution in [-0.2, 0) is 6.54 Å². The van der Waals surface area contributed by atoms with E-state index >= 15 is 0 Å². The van der Waals surface area contributed by atoms with Crippen LogP contribution in [0.2, 0.25) is 0 Å². The van der Waals surface area contributed by atoms with Gasteiger partial charge in [0.05, 0.1) is 18.7 Å². The van der Waals surface area contributed by atoms with Crippen molar-refractivity contribution in [3.63, 3.8) is 0 Å². The van der Waals surface area contributed by atoms with Crippen LogP contribution in [0.3, 0.4) is 0 Å². The highest BCUT2D eigenvalue weighted by molar-refractivity contribution is 6.05. The number of phenolic OH excluding ortho intramolecular Hbond substituents is 2. The zero-order valence-corrected chi connectivity index (χ0v) is 16.6. The third-order valence-corrected chi connectivity index (χ3v) is 4.48. The van der Waals surface area contributed by atoms with Gasteiger partial charge >= 0.3 is 0 Å². The molecule has 0 unspecified atom stereocenters. The summed E-state index contributed by atoms with van der Waals surface area (Å²) in [4.78, 5) is 25.3. The average Bonchev–Trinajstić information content (AvgIpc) is 2.75. The van der Waals surface area contributed by atoms with Crippen LogP contribution >= 0.6 is 0 Å². The van der Waals surface area contributed by atoms with Gasteiger partial charge in [0.2, 0.25) is 5.75 Å². The van der Waals surface area contributed by atoms with E-state index in [2.05, 4.69) is 15.6 Å². The topological polar surface area (TPSA) is 126 Å². The van der Waals surface area contributed by atoms with Gasteiger partial charge in [0, 0.05) is 17.5 Å². The summed E-state index contributed by atoms with van der Waals surface area (Å²) in [7, 11) is 1.35. The zero-order valence-electron chi connectivity index (χ0n) is 16.6. The van der Waals surface area contributed by atoms with Crippen LogP contribution in [0.15, 0.2) is 46.3 Å². The number of hydrogen-bond donors (Lipinski definition) is 3. The van der Waals surface area contributed by atoms with E-state index in [0.717, 1.165) is 12.8 Å². The van der Waals surface area contributed by atoms with E-state index in [9.17, 15) is 19.8 Å². The maximum Gasteiger partial charge on any atom is 0.292 e. The summed E-state index contributed by atoms with van der Waals surface area (Å²) in [6, 6.07) is 9.50. The van der Waals surface area contributed by atoms with E-state index < -0.39 is 5.91 Å². The van der Waals surface area contributed by atoms with Gasteiger partial charge in [-0.2, -0.15) is 10.2 Å². The normalized spacial score (nSPS) is 11.1. The number of fused-ring (bicyclic) bond motifs is 1. The second-order valence-electron chi connectivity index (χ2n) is 6.57. The van der Waals surface area contributed by atoms with Crippen molar-refractivity contribution < 1.29 is 19.7 Å². The number of phenols is 2. The lowest BCUT2D eigenvalue weighted by molar-refractivity contribution is 0.0949. The van der Waals surface area contributed by atoms with E-state index in [1.54, 1.807) is 24.3 Å². The van der Waals surface area contributed by atoms with Gasteiger partial charge in [-0.1, -0.05) is 31.5 Å². The first kappa shape index (κ1) is 20.8. The highest BCUT2D eigenvalue weighted by Crippen LogP contribution is 2.35. The van der Waals surface area contributed by atoms with Gasteiger partial charge in [-0.05, 0) is 24.6 Å². The smallest absolute Gasteiger partial charge is 0.292 e. The summed E-state index contributed by atoms with van der Waals surface area (Å²) in [5.74, 6) is -1.28. The Kier molecular flexibility index (Phi) is 6.31. The minimum absolute atomic E-state index is 0.0680. The number of aryl methyl sites for hydroxylation is 1. The third kappa shape index (κ3) is 4.24. The summed E-state index contributed by atoms with van der Waals surface area (Å²) >= 11 is 0. The largest absolute Gasteiger partial charge is 0.504 e. The van der Waals surface area contributed by atoms with Crippen molar-refractivity contribution in [1.82, 2.24) is 15.2 Å².